The molecule has 2 fully saturated rings. The van der Waals surface area contributed by atoms with Crippen molar-refractivity contribution >= 4 is 17.6 Å². The summed E-state index contributed by atoms with van der Waals surface area (Å²) in [6.07, 6.45) is 7.80. The number of hydrogen-bond acceptors (Lipinski definition) is 8. The molecule has 1 aromatic heterocycles. The lowest BCUT2D eigenvalue weighted by Crippen LogP contribution is -2.42. The number of fused-ring (bicyclic) bond motifs is 1. The number of rotatable bonds is 6. The minimum atomic E-state index is -2.73. The van der Waals surface area contributed by atoms with Gasteiger partial charge >= 0.3 is 0 Å². The van der Waals surface area contributed by atoms with Crippen molar-refractivity contribution in [2.75, 3.05) is 42.7 Å². The lowest BCUT2D eigenvalue weighted by atomic mass is 9.88. The summed E-state index contributed by atoms with van der Waals surface area (Å²) in [5, 5.41) is 9.97. The van der Waals surface area contributed by atoms with Gasteiger partial charge < -0.3 is 24.4 Å². The molecule has 178 valence electrons. The van der Waals surface area contributed by atoms with E-state index in [0.717, 1.165) is 19.3 Å². The molecule has 1 aromatic rings. The third kappa shape index (κ3) is 4.86. The molecular weight excluding hydrogens is 432 g/mol. The average Bonchev–Trinajstić information content (AvgIpc) is 3.23. The Bertz CT molecular complexity index is 935. The summed E-state index contributed by atoms with van der Waals surface area (Å²) >= 11 is 0. The van der Waals surface area contributed by atoms with Crippen molar-refractivity contribution in [2.45, 2.75) is 50.3 Å². The molecule has 2 aliphatic heterocycles. The highest BCUT2D eigenvalue weighted by atomic mass is 19.3. The monoisotopic (exact) mass is 461 g/mol. The molecule has 3 heterocycles. The largest absolute Gasteiger partial charge is 0.477 e. The molecule has 1 saturated heterocycles. The number of alkyl halides is 2. The maximum atomic E-state index is 14.0. The van der Waals surface area contributed by atoms with Crippen molar-refractivity contribution in [3.05, 3.63) is 30.4 Å². The Balaban J connectivity index is 1.45. The SMILES string of the molecule is O[C@H]1CCC[C@H](COc2cc(N3C(C(F)F)=NC4C=CC=CC43)nc(N3CCOCC3)n2)C1. The van der Waals surface area contributed by atoms with Crippen molar-refractivity contribution in [1.29, 1.82) is 0 Å². The van der Waals surface area contributed by atoms with Crippen molar-refractivity contribution in [1.82, 2.24) is 9.97 Å². The number of nitrogens with zero attached hydrogens (tertiary/aromatic N) is 5. The van der Waals surface area contributed by atoms with Gasteiger partial charge in [-0.1, -0.05) is 30.7 Å². The van der Waals surface area contributed by atoms with Crippen LogP contribution < -0.4 is 14.5 Å². The van der Waals surface area contributed by atoms with Crippen molar-refractivity contribution in [2.24, 2.45) is 10.9 Å². The predicted octanol–water partition coefficient (Wildman–Crippen LogP) is 2.59. The molecule has 33 heavy (non-hydrogen) atoms. The fourth-order valence-electron chi connectivity index (χ4n) is 4.86. The number of ether oxygens (including phenoxy) is 2. The number of halogens is 2. The second-order valence-corrected chi connectivity index (χ2v) is 8.87. The first-order valence-corrected chi connectivity index (χ1v) is 11.6. The van der Waals surface area contributed by atoms with E-state index < -0.39 is 6.43 Å². The van der Waals surface area contributed by atoms with Crippen LogP contribution in [0.5, 0.6) is 5.88 Å². The summed E-state index contributed by atoms with van der Waals surface area (Å²) < 4.78 is 39.4. The highest BCUT2D eigenvalue weighted by Gasteiger charge is 2.40. The second-order valence-electron chi connectivity index (χ2n) is 8.87. The van der Waals surface area contributed by atoms with Crippen LogP contribution in [0.1, 0.15) is 25.7 Å². The fraction of sp³-hybridized carbons (Fsp3) is 0.609. The van der Waals surface area contributed by atoms with Gasteiger partial charge in [0, 0.05) is 19.2 Å². The minimum absolute atomic E-state index is 0.236. The topological polar surface area (TPSA) is 83.3 Å². The van der Waals surface area contributed by atoms with Gasteiger partial charge in [0.05, 0.1) is 38.0 Å². The van der Waals surface area contributed by atoms with Gasteiger partial charge in [-0.15, -0.1) is 0 Å². The van der Waals surface area contributed by atoms with E-state index in [1.165, 1.54) is 4.90 Å². The maximum absolute atomic E-state index is 14.0. The Morgan fingerprint density at radius 2 is 1.97 bits per heavy atom. The lowest BCUT2D eigenvalue weighted by Gasteiger charge is -2.31. The molecule has 0 amide bonds. The summed E-state index contributed by atoms with van der Waals surface area (Å²) in [4.78, 5) is 17.0. The highest BCUT2D eigenvalue weighted by molar-refractivity contribution is 6.02. The molecule has 4 aliphatic rings. The molecule has 4 atom stereocenters. The smallest absolute Gasteiger partial charge is 0.295 e. The normalized spacial score (nSPS) is 29.4. The van der Waals surface area contributed by atoms with Crippen LogP contribution in [-0.4, -0.2) is 78.4 Å². The number of hydrogen-bond donors (Lipinski definition) is 1. The first-order chi connectivity index (χ1) is 16.1. The van der Waals surface area contributed by atoms with Crippen molar-refractivity contribution < 1.29 is 23.4 Å². The molecule has 0 radical (unpaired) electrons. The Hall–Kier alpha value is -2.59. The molecular formula is C23H29F2N5O3. The molecule has 0 bridgehead atoms. The molecule has 1 saturated carbocycles. The van der Waals surface area contributed by atoms with Gasteiger partial charge in [0.2, 0.25) is 11.8 Å². The van der Waals surface area contributed by atoms with E-state index in [1.54, 1.807) is 6.07 Å². The molecule has 5 rings (SSSR count). The zero-order valence-corrected chi connectivity index (χ0v) is 18.4. The molecule has 0 aromatic carbocycles. The molecule has 0 spiro atoms. The minimum Gasteiger partial charge on any atom is -0.477 e. The number of aliphatic hydroxyl groups excluding tert-OH is 1. The molecule has 2 unspecified atom stereocenters. The van der Waals surface area contributed by atoms with Crippen molar-refractivity contribution in [3.63, 3.8) is 0 Å². The first kappa shape index (κ1) is 22.2. The number of anilines is 2. The number of aliphatic hydroxyl groups is 1. The quantitative estimate of drug-likeness (QED) is 0.697. The third-order valence-electron chi connectivity index (χ3n) is 6.54. The van der Waals surface area contributed by atoms with E-state index in [0.29, 0.717) is 57.0 Å². The van der Waals surface area contributed by atoms with Crippen LogP contribution in [0.15, 0.2) is 35.4 Å². The van der Waals surface area contributed by atoms with Crippen LogP contribution in [0, 0.1) is 5.92 Å². The zero-order chi connectivity index (χ0) is 22.8. The summed E-state index contributed by atoms with van der Waals surface area (Å²) in [5.41, 5.74) is 0. The number of morpholine rings is 1. The summed E-state index contributed by atoms with van der Waals surface area (Å²) in [6, 6.07) is 0.872. The third-order valence-corrected chi connectivity index (χ3v) is 6.54. The van der Waals surface area contributed by atoms with Gasteiger partial charge in [-0.05, 0) is 25.2 Å². The first-order valence-electron chi connectivity index (χ1n) is 11.6. The molecule has 10 heteroatoms. The maximum Gasteiger partial charge on any atom is 0.295 e. The van der Waals surface area contributed by atoms with E-state index >= 15 is 0 Å². The lowest BCUT2D eigenvalue weighted by molar-refractivity contribution is 0.0799. The second kappa shape index (κ2) is 9.72. The number of aliphatic imine (C=N–C) groups is 1. The van der Waals surface area contributed by atoms with Gasteiger partial charge in [0.1, 0.15) is 5.82 Å². The van der Waals surface area contributed by atoms with Gasteiger partial charge in [-0.2, -0.15) is 9.97 Å². The number of allylic oxidation sites excluding steroid dienone is 2. The summed E-state index contributed by atoms with van der Waals surface area (Å²) in [7, 11) is 0. The number of amidine groups is 1. The van der Waals surface area contributed by atoms with E-state index in [4.69, 9.17) is 9.47 Å². The van der Waals surface area contributed by atoms with Gasteiger partial charge in [0.25, 0.3) is 6.43 Å². The predicted molar refractivity (Wildman–Crippen MR) is 120 cm³/mol. The molecule has 1 N–H and O–H groups in total. The van der Waals surface area contributed by atoms with Gasteiger partial charge in [-0.25, -0.2) is 8.78 Å². The van der Waals surface area contributed by atoms with Crippen LogP contribution in [0.25, 0.3) is 0 Å². The van der Waals surface area contributed by atoms with Crippen molar-refractivity contribution in [3.8, 4) is 5.88 Å². The summed E-state index contributed by atoms with van der Waals surface area (Å²) in [6.45, 7) is 2.75. The van der Waals surface area contributed by atoms with Crippen LogP contribution in [-0.2, 0) is 4.74 Å². The summed E-state index contributed by atoms with van der Waals surface area (Å²) in [5.74, 6) is 1.06. The average molecular weight is 462 g/mol. The zero-order valence-electron chi connectivity index (χ0n) is 18.4. The number of aromatic nitrogens is 2. The van der Waals surface area contributed by atoms with Crippen LogP contribution in [0.4, 0.5) is 20.5 Å². The Morgan fingerprint density at radius 3 is 2.76 bits per heavy atom. The van der Waals surface area contributed by atoms with Gasteiger partial charge in [0.15, 0.2) is 5.84 Å². The fourth-order valence-corrected chi connectivity index (χ4v) is 4.86. The standard InChI is InChI=1S/C23H29F2N5O3/c24-21(25)22-26-17-6-1-2-7-18(17)30(22)19-13-20(33-14-15-4-3-5-16(31)12-15)28-23(27-19)29-8-10-32-11-9-29/h1-2,6-7,13,15-18,21,31H,3-5,8-12,14H2/t15-,16-,17?,18?/m0/s1. The Morgan fingerprint density at radius 1 is 1.15 bits per heavy atom. The van der Waals surface area contributed by atoms with Crippen LogP contribution in [0.3, 0.4) is 0 Å². The van der Waals surface area contributed by atoms with Crippen LogP contribution in [0.2, 0.25) is 0 Å². The molecule has 8 nitrogen and oxygen atoms in total. The Kier molecular flexibility index (Phi) is 6.55. The Labute approximate surface area is 191 Å². The van der Waals surface area contributed by atoms with Crippen LogP contribution >= 0.6 is 0 Å². The van der Waals surface area contributed by atoms with E-state index in [9.17, 15) is 13.9 Å². The molecule has 2 aliphatic carbocycles. The van der Waals surface area contributed by atoms with E-state index in [1.807, 2.05) is 29.2 Å². The van der Waals surface area contributed by atoms with E-state index in [2.05, 4.69) is 15.0 Å². The highest BCUT2D eigenvalue weighted by Crippen LogP contribution is 2.33. The van der Waals surface area contributed by atoms with Gasteiger partial charge in [-0.3, -0.25) is 4.99 Å². The van der Waals surface area contributed by atoms with E-state index in [-0.39, 0.29) is 29.9 Å².